The molecule has 3 amide bonds. The second kappa shape index (κ2) is 6.74. The number of carbonyl (C=O) groups is 2. The standard InChI is InChI=1S/C19H18F2N2O3/c1-12-5-3-4-6-16(12)26-10-9-23-17(24)19(2,22-18(23)25)14-11-13(20)7-8-15(14)21/h3-8,11H,9-10H2,1-2H3,(H,22,25). The van der Waals surface area contributed by atoms with Gasteiger partial charge in [-0.2, -0.15) is 0 Å². The summed E-state index contributed by atoms with van der Waals surface area (Å²) in [5, 5.41) is 2.45. The number of aryl methyl sites for hydroxylation is 1. The van der Waals surface area contributed by atoms with Crippen LogP contribution in [0.15, 0.2) is 42.5 Å². The highest BCUT2D eigenvalue weighted by atomic mass is 19.1. The first-order valence-electron chi connectivity index (χ1n) is 8.11. The molecule has 0 radical (unpaired) electrons. The van der Waals surface area contributed by atoms with E-state index < -0.39 is 29.1 Å². The Balaban J connectivity index is 1.74. The summed E-state index contributed by atoms with van der Waals surface area (Å²) in [6, 6.07) is 9.49. The van der Waals surface area contributed by atoms with Crippen LogP contribution in [0.3, 0.4) is 0 Å². The van der Waals surface area contributed by atoms with Crippen molar-refractivity contribution in [1.82, 2.24) is 10.2 Å². The third-order valence-corrected chi connectivity index (χ3v) is 4.41. The third-order valence-electron chi connectivity index (χ3n) is 4.41. The predicted octanol–water partition coefficient (Wildman–Crippen LogP) is 3.12. The van der Waals surface area contributed by atoms with Gasteiger partial charge in [-0.3, -0.25) is 9.69 Å². The zero-order valence-electron chi connectivity index (χ0n) is 14.4. The Labute approximate surface area is 149 Å². The smallest absolute Gasteiger partial charge is 0.325 e. The van der Waals surface area contributed by atoms with Gasteiger partial charge in [0.2, 0.25) is 0 Å². The second-order valence-corrected chi connectivity index (χ2v) is 6.25. The van der Waals surface area contributed by atoms with Crippen molar-refractivity contribution in [2.45, 2.75) is 19.4 Å². The van der Waals surface area contributed by atoms with Crippen molar-refractivity contribution < 1.29 is 23.1 Å². The molecule has 7 heteroatoms. The fourth-order valence-corrected chi connectivity index (χ4v) is 2.93. The molecule has 0 spiro atoms. The number of para-hydroxylation sites is 1. The number of benzene rings is 2. The minimum absolute atomic E-state index is 0.00841. The van der Waals surface area contributed by atoms with Gasteiger partial charge in [-0.1, -0.05) is 18.2 Å². The molecule has 1 aliphatic rings. The van der Waals surface area contributed by atoms with E-state index in [0.29, 0.717) is 5.75 Å². The molecule has 3 rings (SSSR count). The number of rotatable bonds is 5. The fourth-order valence-electron chi connectivity index (χ4n) is 2.93. The van der Waals surface area contributed by atoms with Crippen LogP contribution < -0.4 is 10.1 Å². The lowest BCUT2D eigenvalue weighted by molar-refractivity contribution is -0.131. The van der Waals surface area contributed by atoms with Crippen LogP contribution in [0.5, 0.6) is 5.75 Å². The zero-order valence-corrected chi connectivity index (χ0v) is 14.4. The summed E-state index contributed by atoms with van der Waals surface area (Å²) in [4.78, 5) is 25.9. The van der Waals surface area contributed by atoms with Crippen molar-refractivity contribution >= 4 is 11.9 Å². The molecule has 1 unspecified atom stereocenters. The summed E-state index contributed by atoms with van der Waals surface area (Å²) in [6.07, 6.45) is 0. The van der Waals surface area contributed by atoms with Gasteiger partial charge in [-0.05, 0) is 43.7 Å². The third kappa shape index (κ3) is 3.12. The van der Waals surface area contributed by atoms with Gasteiger partial charge in [-0.15, -0.1) is 0 Å². The van der Waals surface area contributed by atoms with E-state index in [1.807, 2.05) is 25.1 Å². The molecule has 0 aliphatic carbocycles. The van der Waals surface area contributed by atoms with Crippen molar-refractivity contribution in [1.29, 1.82) is 0 Å². The van der Waals surface area contributed by atoms with Gasteiger partial charge in [0, 0.05) is 5.56 Å². The maximum Gasteiger partial charge on any atom is 0.325 e. The van der Waals surface area contributed by atoms with E-state index in [2.05, 4.69) is 5.32 Å². The van der Waals surface area contributed by atoms with E-state index in [1.165, 1.54) is 6.92 Å². The molecule has 26 heavy (non-hydrogen) atoms. The molecule has 2 aromatic rings. The number of urea groups is 1. The lowest BCUT2D eigenvalue weighted by atomic mass is 9.91. The largest absolute Gasteiger partial charge is 0.491 e. The number of amides is 3. The van der Waals surface area contributed by atoms with E-state index in [-0.39, 0.29) is 18.7 Å². The highest BCUT2D eigenvalue weighted by Gasteiger charge is 2.50. The SMILES string of the molecule is Cc1ccccc1OCCN1C(=O)NC(C)(c2cc(F)ccc2F)C1=O. The van der Waals surface area contributed by atoms with E-state index >= 15 is 0 Å². The average Bonchev–Trinajstić information content (AvgIpc) is 2.82. The van der Waals surface area contributed by atoms with E-state index in [0.717, 1.165) is 28.7 Å². The van der Waals surface area contributed by atoms with Gasteiger partial charge < -0.3 is 10.1 Å². The molecule has 0 saturated carbocycles. The Bertz CT molecular complexity index is 872. The number of hydrogen-bond acceptors (Lipinski definition) is 3. The van der Waals surface area contributed by atoms with Gasteiger partial charge in [0.15, 0.2) is 0 Å². The summed E-state index contributed by atoms with van der Waals surface area (Å²) >= 11 is 0. The molecule has 1 saturated heterocycles. The maximum atomic E-state index is 14.1. The van der Waals surface area contributed by atoms with Crippen molar-refractivity contribution in [2.75, 3.05) is 13.2 Å². The molecule has 2 aromatic carbocycles. The summed E-state index contributed by atoms with van der Waals surface area (Å²) in [7, 11) is 0. The number of carbonyl (C=O) groups excluding carboxylic acids is 2. The molecule has 1 heterocycles. The normalized spacial score (nSPS) is 19.6. The Morgan fingerprint density at radius 2 is 1.88 bits per heavy atom. The number of nitrogens with one attached hydrogen (secondary N) is 1. The maximum absolute atomic E-state index is 14.1. The minimum Gasteiger partial charge on any atom is -0.491 e. The molecule has 136 valence electrons. The Morgan fingerprint density at radius 1 is 1.15 bits per heavy atom. The average molecular weight is 360 g/mol. The van der Waals surface area contributed by atoms with E-state index in [4.69, 9.17) is 4.74 Å². The quantitative estimate of drug-likeness (QED) is 0.834. The van der Waals surface area contributed by atoms with Crippen LogP contribution in [0.2, 0.25) is 0 Å². The highest BCUT2D eigenvalue weighted by Crippen LogP contribution is 2.31. The number of hydrogen-bond donors (Lipinski definition) is 1. The molecule has 0 aromatic heterocycles. The topological polar surface area (TPSA) is 58.6 Å². The summed E-state index contributed by atoms with van der Waals surface area (Å²) < 4.78 is 33.2. The van der Waals surface area contributed by atoms with Gasteiger partial charge in [-0.25, -0.2) is 13.6 Å². The first-order valence-corrected chi connectivity index (χ1v) is 8.11. The molecule has 1 N–H and O–H groups in total. The Kier molecular flexibility index (Phi) is 4.63. The molecular weight excluding hydrogens is 342 g/mol. The summed E-state index contributed by atoms with van der Waals surface area (Å²) in [5.74, 6) is -1.45. The van der Waals surface area contributed by atoms with Crippen LogP contribution in [-0.2, 0) is 10.3 Å². The minimum atomic E-state index is -1.66. The van der Waals surface area contributed by atoms with Crippen LogP contribution in [-0.4, -0.2) is 30.0 Å². The van der Waals surface area contributed by atoms with E-state index in [9.17, 15) is 18.4 Å². The molecular formula is C19H18F2N2O3. The molecule has 1 atom stereocenters. The van der Waals surface area contributed by atoms with Gasteiger partial charge in [0.1, 0.15) is 29.5 Å². The van der Waals surface area contributed by atoms with Crippen LogP contribution in [0.4, 0.5) is 13.6 Å². The number of imide groups is 1. The van der Waals surface area contributed by atoms with Crippen molar-refractivity contribution in [2.24, 2.45) is 0 Å². The fraction of sp³-hybridized carbons (Fsp3) is 0.263. The van der Waals surface area contributed by atoms with Crippen molar-refractivity contribution in [3.63, 3.8) is 0 Å². The second-order valence-electron chi connectivity index (χ2n) is 6.25. The monoisotopic (exact) mass is 360 g/mol. The number of nitrogens with zero attached hydrogens (tertiary/aromatic N) is 1. The molecule has 5 nitrogen and oxygen atoms in total. The molecule has 1 aliphatic heterocycles. The first-order chi connectivity index (χ1) is 12.3. The van der Waals surface area contributed by atoms with Crippen molar-refractivity contribution in [3.05, 3.63) is 65.2 Å². The van der Waals surface area contributed by atoms with Crippen molar-refractivity contribution in [3.8, 4) is 5.75 Å². The highest BCUT2D eigenvalue weighted by molar-refractivity contribution is 6.07. The summed E-state index contributed by atoms with van der Waals surface area (Å²) in [6.45, 7) is 3.32. The lowest BCUT2D eigenvalue weighted by Gasteiger charge is -2.23. The van der Waals surface area contributed by atoms with Gasteiger partial charge in [0.25, 0.3) is 5.91 Å². The van der Waals surface area contributed by atoms with Crippen LogP contribution in [0.1, 0.15) is 18.1 Å². The van der Waals surface area contributed by atoms with Crippen LogP contribution in [0, 0.1) is 18.6 Å². The van der Waals surface area contributed by atoms with Gasteiger partial charge in [0.05, 0.1) is 6.54 Å². The Morgan fingerprint density at radius 3 is 2.62 bits per heavy atom. The van der Waals surface area contributed by atoms with E-state index in [1.54, 1.807) is 6.07 Å². The van der Waals surface area contributed by atoms with Gasteiger partial charge >= 0.3 is 6.03 Å². The first kappa shape index (κ1) is 17.8. The van der Waals surface area contributed by atoms with Crippen LogP contribution in [0.25, 0.3) is 0 Å². The lowest BCUT2D eigenvalue weighted by Crippen LogP contribution is -2.42. The van der Waals surface area contributed by atoms with Crippen LogP contribution >= 0.6 is 0 Å². The molecule has 1 fully saturated rings. The predicted molar refractivity (Wildman–Crippen MR) is 90.6 cm³/mol. The summed E-state index contributed by atoms with van der Waals surface area (Å²) in [5.41, 5.74) is -0.944. The molecule has 0 bridgehead atoms. The zero-order chi connectivity index (χ0) is 18.9. The Hall–Kier alpha value is -2.96. The number of ether oxygens (including phenoxy) is 1. The number of halogens is 2.